The highest BCUT2D eigenvalue weighted by atomic mass is 35.5. The summed E-state index contributed by atoms with van der Waals surface area (Å²) in [4.78, 5) is 14.0. The second-order valence-electron chi connectivity index (χ2n) is 6.88. The van der Waals surface area contributed by atoms with Crippen molar-refractivity contribution < 1.29 is 41.0 Å². The molecule has 0 aromatic heterocycles. The third-order valence-corrected chi connectivity index (χ3v) is 5.06. The molecule has 0 aliphatic heterocycles. The first-order valence-electron chi connectivity index (χ1n) is 10.4. The molecule has 0 fully saturated rings. The number of esters is 1. The van der Waals surface area contributed by atoms with Gasteiger partial charge in [-0.3, -0.25) is 0 Å². The van der Waals surface area contributed by atoms with Gasteiger partial charge in [-0.25, -0.2) is 4.79 Å². The Morgan fingerprint density at radius 1 is 0.828 bits per heavy atom. The molecular weight excluding hydrogens is 394 g/mol. The van der Waals surface area contributed by atoms with Crippen LogP contribution in [-0.4, -0.2) is 53.5 Å². The van der Waals surface area contributed by atoms with Crippen LogP contribution in [0, 0.1) is 0 Å². The van der Waals surface area contributed by atoms with E-state index in [1.165, 1.54) is 66.6 Å². The minimum absolute atomic E-state index is 0. The van der Waals surface area contributed by atoms with Crippen molar-refractivity contribution in [3.05, 3.63) is 17.7 Å². The van der Waals surface area contributed by atoms with Gasteiger partial charge in [-0.05, 0) is 45.2 Å². The van der Waals surface area contributed by atoms with E-state index in [0.29, 0.717) is 29.4 Å². The Labute approximate surface area is 182 Å². The predicted molar refractivity (Wildman–Crippen MR) is 111 cm³/mol. The highest BCUT2D eigenvalue weighted by Crippen LogP contribution is 2.38. The van der Waals surface area contributed by atoms with E-state index in [1.54, 1.807) is 17.0 Å². The van der Waals surface area contributed by atoms with Crippen LogP contribution in [0.1, 0.15) is 62.7 Å². The molecule has 0 saturated heterocycles. The number of quaternary nitrogens is 1. The van der Waals surface area contributed by atoms with E-state index in [0.717, 1.165) is 12.8 Å². The molecule has 0 heterocycles. The van der Waals surface area contributed by atoms with Gasteiger partial charge in [0, 0.05) is 0 Å². The van der Waals surface area contributed by atoms with Crippen molar-refractivity contribution in [2.75, 3.05) is 47.6 Å². The number of benzene rings is 1. The average Bonchev–Trinajstić information content (AvgIpc) is 2.73. The Kier molecular flexibility index (Phi) is 15.2. The first-order valence-corrected chi connectivity index (χ1v) is 10.4. The van der Waals surface area contributed by atoms with Gasteiger partial charge in [-0.15, -0.1) is 0 Å². The van der Waals surface area contributed by atoms with Crippen molar-refractivity contribution in [2.24, 2.45) is 0 Å². The fourth-order valence-corrected chi connectivity index (χ4v) is 3.23. The molecule has 0 saturated carbocycles. The van der Waals surface area contributed by atoms with Crippen LogP contribution in [0.15, 0.2) is 12.1 Å². The van der Waals surface area contributed by atoms with Crippen LogP contribution in [0.4, 0.5) is 0 Å². The van der Waals surface area contributed by atoms with Crippen LogP contribution >= 0.6 is 0 Å². The standard InChI is InChI=1S/C22H37NO5.ClH/c1-6-23(7-2)14-12-10-8-9-11-13-15-28-22(24)18-16-19(25-3)21(27-5)20(17-18)26-4;/h16-17H,6-15H2,1-5H3;1H. The average molecular weight is 432 g/mol. The summed E-state index contributed by atoms with van der Waals surface area (Å²) >= 11 is 0. The van der Waals surface area contributed by atoms with E-state index in [-0.39, 0.29) is 18.4 Å². The minimum Gasteiger partial charge on any atom is -1.00 e. The Morgan fingerprint density at radius 3 is 1.83 bits per heavy atom. The Hall–Kier alpha value is -1.66. The zero-order chi connectivity index (χ0) is 20.8. The van der Waals surface area contributed by atoms with Gasteiger partial charge in [0.15, 0.2) is 11.5 Å². The molecule has 6 nitrogen and oxygen atoms in total. The summed E-state index contributed by atoms with van der Waals surface area (Å²) in [6, 6.07) is 3.23. The largest absolute Gasteiger partial charge is 1.00 e. The lowest BCUT2D eigenvalue weighted by atomic mass is 10.1. The number of ether oxygens (including phenoxy) is 4. The molecule has 0 aliphatic carbocycles. The molecule has 1 rings (SSSR count). The molecule has 0 aliphatic rings. The van der Waals surface area contributed by atoms with Gasteiger partial charge in [0.25, 0.3) is 0 Å². The quantitative estimate of drug-likeness (QED) is 0.316. The molecule has 1 N–H and O–H groups in total. The van der Waals surface area contributed by atoms with Gasteiger partial charge in [0.05, 0.1) is 53.1 Å². The van der Waals surface area contributed by atoms with Crippen LogP contribution in [0.5, 0.6) is 17.2 Å². The third kappa shape index (κ3) is 9.59. The number of methoxy groups -OCH3 is 3. The fraction of sp³-hybridized carbons (Fsp3) is 0.682. The van der Waals surface area contributed by atoms with Gasteiger partial charge in [-0.2, -0.15) is 0 Å². The Bertz CT molecular complexity index is 553. The van der Waals surface area contributed by atoms with Crippen molar-refractivity contribution in [1.29, 1.82) is 0 Å². The summed E-state index contributed by atoms with van der Waals surface area (Å²) in [5.74, 6) is 0.978. The monoisotopic (exact) mass is 431 g/mol. The molecule has 1 aromatic rings. The molecule has 0 atom stereocenters. The lowest BCUT2D eigenvalue weighted by Crippen LogP contribution is -3.11. The summed E-state index contributed by atoms with van der Waals surface area (Å²) in [7, 11) is 4.58. The molecule has 29 heavy (non-hydrogen) atoms. The van der Waals surface area contributed by atoms with Crippen molar-refractivity contribution in [3.8, 4) is 17.2 Å². The minimum atomic E-state index is -0.374. The molecule has 0 spiro atoms. The molecule has 7 heteroatoms. The first-order chi connectivity index (χ1) is 13.6. The topological polar surface area (TPSA) is 58.4 Å². The van der Waals surface area contributed by atoms with Crippen LogP contribution in [-0.2, 0) is 4.74 Å². The van der Waals surface area contributed by atoms with Gasteiger partial charge >= 0.3 is 5.97 Å². The molecule has 1 aromatic carbocycles. The summed E-state index contributed by atoms with van der Waals surface area (Å²) < 4.78 is 21.2. The van der Waals surface area contributed by atoms with Gasteiger partial charge < -0.3 is 36.3 Å². The van der Waals surface area contributed by atoms with E-state index in [9.17, 15) is 4.79 Å². The molecule has 0 radical (unpaired) electrons. The van der Waals surface area contributed by atoms with Crippen LogP contribution in [0.2, 0.25) is 0 Å². The zero-order valence-corrected chi connectivity index (χ0v) is 19.4. The number of halogens is 1. The number of nitrogens with one attached hydrogen (secondary N) is 1. The Balaban J connectivity index is 0.00000784. The van der Waals surface area contributed by atoms with E-state index >= 15 is 0 Å². The molecule has 168 valence electrons. The van der Waals surface area contributed by atoms with Crippen molar-refractivity contribution in [1.82, 2.24) is 0 Å². The van der Waals surface area contributed by atoms with E-state index in [2.05, 4.69) is 13.8 Å². The maximum absolute atomic E-state index is 12.3. The summed E-state index contributed by atoms with van der Waals surface area (Å²) in [6.45, 7) is 8.64. The Morgan fingerprint density at radius 2 is 1.34 bits per heavy atom. The molecular formula is C22H38ClNO5. The smallest absolute Gasteiger partial charge is 0.338 e. The normalized spacial score (nSPS) is 10.4. The van der Waals surface area contributed by atoms with Crippen LogP contribution in [0.3, 0.4) is 0 Å². The maximum Gasteiger partial charge on any atom is 0.338 e. The van der Waals surface area contributed by atoms with Crippen molar-refractivity contribution in [3.63, 3.8) is 0 Å². The van der Waals surface area contributed by atoms with E-state index in [1.807, 2.05) is 0 Å². The van der Waals surface area contributed by atoms with Crippen molar-refractivity contribution in [2.45, 2.75) is 52.4 Å². The van der Waals surface area contributed by atoms with Gasteiger partial charge in [0.2, 0.25) is 5.75 Å². The number of carbonyl (C=O) groups is 1. The predicted octanol–water partition coefficient (Wildman–Crippen LogP) is 0.139. The fourth-order valence-electron chi connectivity index (χ4n) is 3.23. The summed E-state index contributed by atoms with van der Waals surface area (Å²) in [5.41, 5.74) is 0.397. The SMILES string of the molecule is CC[NH+](CC)CCCCCCCCOC(=O)c1cc(OC)c(OC)c(OC)c1.[Cl-]. The number of carbonyl (C=O) groups excluding carboxylic acids is 1. The van der Waals surface area contributed by atoms with E-state index < -0.39 is 0 Å². The lowest BCUT2D eigenvalue weighted by Gasteiger charge is -2.14. The third-order valence-electron chi connectivity index (χ3n) is 5.06. The molecule has 0 bridgehead atoms. The van der Waals surface area contributed by atoms with Gasteiger partial charge in [0.1, 0.15) is 0 Å². The summed E-state index contributed by atoms with van der Waals surface area (Å²) in [5, 5.41) is 0. The number of hydrogen-bond acceptors (Lipinski definition) is 5. The summed E-state index contributed by atoms with van der Waals surface area (Å²) in [6.07, 6.45) is 7.00. The van der Waals surface area contributed by atoms with E-state index in [4.69, 9.17) is 18.9 Å². The lowest BCUT2D eigenvalue weighted by molar-refractivity contribution is -0.896. The number of hydrogen-bond donors (Lipinski definition) is 1. The second-order valence-corrected chi connectivity index (χ2v) is 6.88. The highest BCUT2D eigenvalue weighted by molar-refractivity contribution is 5.91. The second kappa shape index (κ2) is 16.2. The van der Waals surface area contributed by atoms with Crippen molar-refractivity contribution >= 4 is 5.97 Å². The number of unbranched alkanes of at least 4 members (excludes halogenated alkanes) is 5. The van der Waals surface area contributed by atoms with Gasteiger partial charge in [-0.1, -0.05) is 19.3 Å². The highest BCUT2D eigenvalue weighted by Gasteiger charge is 2.17. The zero-order valence-electron chi connectivity index (χ0n) is 18.6. The van der Waals surface area contributed by atoms with Crippen LogP contribution in [0.25, 0.3) is 0 Å². The molecule has 0 amide bonds. The molecule has 0 unspecified atom stereocenters. The maximum atomic E-state index is 12.3. The first kappa shape index (κ1) is 27.3. The number of rotatable bonds is 15. The van der Waals surface area contributed by atoms with Crippen LogP contribution < -0.4 is 31.5 Å².